The monoisotopic (exact) mass is 294 g/mol. The second-order valence-electron chi connectivity index (χ2n) is 4.42. The van der Waals surface area contributed by atoms with Crippen molar-refractivity contribution in [3.05, 3.63) is 53.4 Å². The van der Waals surface area contributed by atoms with Crippen molar-refractivity contribution in [3.63, 3.8) is 0 Å². The quantitative estimate of drug-likeness (QED) is 0.909. The SMILES string of the molecule is Cc1ccc(F)c(NC(=O)c2cccn2CC(=O)O)c1F. The van der Waals surface area contributed by atoms with Crippen molar-refractivity contribution in [3.8, 4) is 0 Å². The summed E-state index contributed by atoms with van der Waals surface area (Å²) in [4.78, 5) is 22.7. The summed E-state index contributed by atoms with van der Waals surface area (Å²) in [6, 6.07) is 5.14. The van der Waals surface area contributed by atoms with Gasteiger partial charge in [-0.15, -0.1) is 0 Å². The van der Waals surface area contributed by atoms with Gasteiger partial charge in [0.15, 0.2) is 5.82 Å². The minimum absolute atomic E-state index is 0.00212. The van der Waals surface area contributed by atoms with E-state index in [9.17, 15) is 18.4 Å². The maximum atomic E-state index is 13.8. The van der Waals surface area contributed by atoms with Crippen LogP contribution in [0.2, 0.25) is 0 Å². The highest BCUT2D eigenvalue weighted by Crippen LogP contribution is 2.22. The van der Waals surface area contributed by atoms with Crippen LogP contribution in [0.1, 0.15) is 16.1 Å². The van der Waals surface area contributed by atoms with Crippen LogP contribution in [0.4, 0.5) is 14.5 Å². The van der Waals surface area contributed by atoms with E-state index in [2.05, 4.69) is 5.32 Å². The van der Waals surface area contributed by atoms with Gasteiger partial charge in [0, 0.05) is 6.20 Å². The van der Waals surface area contributed by atoms with Crippen LogP contribution in [0.5, 0.6) is 0 Å². The van der Waals surface area contributed by atoms with Crippen LogP contribution >= 0.6 is 0 Å². The number of aliphatic carboxylic acids is 1. The molecule has 2 N–H and O–H groups in total. The Morgan fingerprint density at radius 1 is 1.29 bits per heavy atom. The number of anilines is 1. The maximum absolute atomic E-state index is 13.8. The van der Waals surface area contributed by atoms with Crippen LogP contribution in [0, 0.1) is 18.6 Å². The third-order valence-electron chi connectivity index (χ3n) is 2.89. The molecule has 1 amide bonds. The number of aryl methyl sites for hydroxylation is 1. The molecular formula is C14H12F2N2O3. The molecule has 0 bridgehead atoms. The van der Waals surface area contributed by atoms with Crippen LogP contribution < -0.4 is 5.32 Å². The average Bonchev–Trinajstić information content (AvgIpc) is 2.86. The predicted octanol–water partition coefficient (Wildman–Crippen LogP) is 2.41. The molecule has 0 fully saturated rings. The fourth-order valence-corrected chi connectivity index (χ4v) is 1.85. The second-order valence-corrected chi connectivity index (χ2v) is 4.42. The molecule has 1 aromatic heterocycles. The number of rotatable bonds is 4. The molecule has 0 saturated carbocycles. The van der Waals surface area contributed by atoms with Crippen molar-refractivity contribution < 1.29 is 23.5 Å². The molecule has 0 radical (unpaired) electrons. The Labute approximate surface area is 118 Å². The van der Waals surface area contributed by atoms with Gasteiger partial charge in [-0.25, -0.2) is 8.78 Å². The molecular weight excluding hydrogens is 282 g/mol. The molecule has 0 aliphatic heterocycles. The molecule has 0 aliphatic rings. The molecule has 1 heterocycles. The van der Waals surface area contributed by atoms with Crippen LogP contribution in [0.25, 0.3) is 0 Å². The number of carbonyl (C=O) groups excluding carboxylic acids is 1. The molecule has 0 atom stereocenters. The minimum Gasteiger partial charge on any atom is -0.480 e. The van der Waals surface area contributed by atoms with Crippen molar-refractivity contribution in [1.29, 1.82) is 0 Å². The van der Waals surface area contributed by atoms with Gasteiger partial charge in [-0.1, -0.05) is 6.07 Å². The summed E-state index contributed by atoms with van der Waals surface area (Å²) in [5.74, 6) is -3.68. The van der Waals surface area contributed by atoms with E-state index in [4.69, 9.17) is 5.11 Å². The fourth-order valence-electron chi connectivity index (χ4n) is 1.85. The normalized spacial score (nSPS) is 10.4. The Morgan fingerprint density at radius 2 is 2.00 bits per heavy atom. The van der Waals surface area contributed by atoms with Gasteiger partial charge in [-0.3, -0.25) is 9.59 Å². The van der Waals surface area contributed by atoms with E-state index in [-0.39, 0.29) is 11.3 Å². The van der Waals surface area contributed by atoms with E-state index in [1.165, 1.54) is 35.9 Å². The van der Waals surface area contributed by atoms with Gasteiger partial charge in [0.25, 0.3) is 5.91 Å². The number of carboxylic acid groups (broad SMARTS) is 1. The Morgan fingerprint density at radius 3 is 2.67 bits per heavy atom. The number of nitrogens with one attached hydrogen (secondary N) is 1. The summed E-state index contributed by atoms with van der Waals surface area (Å²) in [5.41, 5.74) is -0.367. The number of benzene rings is 1. The van der Waals surface area contributed by atoms with Gasteiger partial charge in [0.1, 0.15) is 23.7 Å². The van der Waals surface area contributed by atoms with E-state index in [1.54, 1.807) is 0 Å². The highest BCUT2D eigenvalue weighted by Gasteiger charge is 2.18. The zero-order valence-electron chi connectivity index (χ0n) is 11.1. The molecule has 0 unspecified atom stereocenters. The van der Waals surface area contributed by atoms with E-state index in [0.717, 1.165) is 6.07 Å². The highest BCUT2D eigenvalue weighted by atomic mass is 19.1. The third kappa shape index (κ3) is 3.07. The van der Waals surface area contributed by atoms with Crippen molar-refractivity contribution >= 4 is 17.6 Å². The number of hydrogen-bond acceptors (Lipinski definition) is 2. The lowest BCUT2D eigenvalue weighted by Gasteiger charge is -2.10. The zero-order valence-corrected chi connectivity index (χ0v) is 11.1. The van der Waals surface area contributed by atoms with Crippen molar-refractivity contribution in [1.82, 2.24) is 4.57 Å². The average molecular weight is 294 g/mol. The first kappa shape index (κ1) is 14.7. The standard InChI is InChI=1S/C14H12F2N2O3/c1-8-4-5-9(15)13(12(8)16)17-14(21)10-3-2-6-18(10)7-11(19)20/h2-6H,7H2,1H3,(H,17,21)(H,19,20). The summed E-state index contributed by atoms with van der Waals surface area (Å²) in [6.45, 7) is 1.02. The smallest absolute Gasteiger partial charge is 0.323 e. The van der Waals surface area contributed by atoms with Gasteiger partial charge >= 0.3 is 5.97 Å². The zero-order chi connectivity index (χ0) is 15.6. The van der Waals surface area contributed by atoms with Crippen molar-refractivity contribution in [2.45, 2.75) is 13.5 Å². The lowest BCUT2D eigenvalue weighted by atomic mass is 10.2. The number of hydrogen-bond donors (Lipinski definition) is 2. The second kappa shape index (κ2) is 5.74. The molecule has 0 aliphatic carbocycles. The summed E-state index contributed by atoms with van der Waals surface area (Å²) in [6.07, 6.45) is 1.39. The molecule has 2 rings (SSSR count). The highest BCUT2D eigenvalue weighted by molar-refractivity contribution is 6.03. The minimum atomic E-state index is -1.13. The number of halogens is 2. The number of nitrogens with zero attached hydrogens (tertiary/aromatic N) is 1. The predicted molar refractivity (Wildman–Crippen MR) is 71.1 cm³/mol. The molecule has 0 saturated heterocycles. The van der Waals surface area contributed by atoms with Crippen molar-refractivity contribution in [2.24, 2.45) is 0 Å². The lowest BCUT2D eigenvalue weighted by molar-refractivity contribution is -0.137. The Hall–Kier alpha value is -2.70. The molecule has 7 heteroatoms. The molecule has 2 aromatic rings. The number of carbonyl (C=O) groups is 2. The van der Waals surface area contributed by atoms with Gasteiger partial charge in [0.05, 0.1) is 0 Å². The Bertz CT molecular complexity index is 710. The summed E-state index contributed by atoms with van der Waals surface area (Å²) in [5, 5.41) is 10.9. The van der Waals surface area contributed by atoms with Gasteiger partial charge in [0.2, 0.25) is 0 Å². The van der Waals surface area contributed by atoms with Gasteiger partial charge in [-0.05, 0) is 30.7 Å². The largest absolute Gasteiger partial charge is 0.480 e. The number of carboxylic acids is 1. The third-order valence-corrected chi connectivity index (χ3v) is 2.89. The lowest BCUT2D eigenvalue weighted by Crippen LogP contribution is -2.20. The van der Waals surface area contributed by atoms with E-state index >= 15 is 0 Å². The van der Waals surface area contributed by atoms with E-state index in [1.807, 2.05) is 0 Å². The summed E-state index contributed by atoms with van der Waals surface area (Å²) < 4.78 is 28.6. The van der Waals surface area contributed by atoms with Crippen LogP contribution in [0.15, 0.2) is 30.5 Å². The molecule has 1 aromatic carbocycles. The Balaban J connectivity index is 2.29. The van der Waals surface area contributed by atoms with Crippen LogP contribution in [-0.2, 0) is 11.3 Å². The maximum Gasteiger partial charge on any atom is 0.323 e. The van der Waals surface area contributed by atoms with Gasteiger partial charge in [-0.2, -0.15) is 0 Å². The molecule has 0 spiro atoms. The van der Waals surface area contributed by atoms with E-state index < -0.39 is 35.7 Å². The number of aromatic nitrogens is 1. The molecule has 21 heavy (non-hydrogen) atoms. The van der Waals surface area contributed by atoms with Crippen LogP contribution in [-0.4, -0.2) is 21.6 Å². The Kier molecular flexibility index (Phi) is 4.02. The summed E-state index contributed by atoms with van der Waals surface area (Å²) >= 11 is 0. The summed E-state index contributed by atoms with van der Waals surface area (Å²) in [7, 11) is 0. The number of amides is 1. The first-order valence-corrected chi connectivity index (χ1v) is 6.03. The first-order chi connectivity index (χ1) is 9.90. The van der Waals surface area contributed by atoms with Crippen molar-refractivity contribution in [2.75, 3.05) is 5.32 Å². The van der Waals surface area contributed by atoms with E-state index in [0.29, 0.717) is 0 Å². The molecule has 110 valence electrons. The first-order valence-electron chi connectivity index (χ1n) is 6.03. The topological polar surface area (TPSA) is 71.3 Å². The van der Waals surface area contributed by atoms with Gasteiger partial charge < -0.3 is 15.0 Å². The molecule has 5 nitrogen and oxygen atoms in total. The van der Waals surface area contributed by atoms with Crippen LogP contribution in [0.3, 0.4) is 0 Å². The fraction of sp³-hybridized carbons (Fsp3) is 0.143.